The number of fused-ring (bicyclic) bond motifs is 1. The second kappa shape index (κ2) is 5.30. The first kappa shape index (κ1) is 13.8. The maximum atomic E-state index is 6.29. The second-order valence-electron chi connectivity index (χ2n) is 5.44. The average Bonchev–Trinajstić information content (AvgIpc) is 2.73. The zero-order valence-electron chi connectivity index (χ0n) is 12.3. The van der Waals surface area contributed by atoms with Gasteiger partial charge in [-0.25, -0.2) is 0 Å². The van der Waals surface area contributed by atoms with Gasteiger partial charge in [0.05, 0.1) is 42.9 Å². The number of aryl methyl sites for hydroxylation is 2. The summed E-state index contributed by atoms with van der Waals surface area (Å²) in [5, 5.41) is 4.56. The summed E-state index contributed by atoms with van der Waals surface area (Å²) in [5.74, 6) is 0. The molecular weight excluding hydrogens is 276 g/mol. The van der Waals surface area contributed by atoms with E-state index in [1.807, 2.05) is 24.9 Å². The first-order valence-electron chi connectivity index (χ1n) is 7.13. The van der Waals surface area contributed by atoms with Crippen molar-refractivity contribution in [2.45, 2.75) is 32.9 Å². The van der Waals surface area contributed by atoms with Crippen LogP contribution >= 0.6 is 11.8 Å². The maximum Gasteiger partial charge on any atom is 0.0908 e. The molecule has 0 aliphatic carbocycles. The van der Waals surface area contributed by atoms with Crippen LogP contribution < -0.4 is 0 Å². The molecule has 1 unspecified atom stereocenters. The highest BCUT2D eigenvalue weighted by Gasteiger charge is 2.31. The zero-order chi connectivity index (χ0) is 14.3. The largest absolute Gasteiger partial charge is 0.377 e. The van der Waals surface area contributed by atoms with Crippen LogP contribution in [0.15, 0.2) is 6.20 Å². The minimum Gasteiger partial charge on any atom is -0.377 e. The fraction of sp³-hybridized carbons (Fsp3) is 0.643. The van der Waals surface area contributed by atoms with E-state index in [9.17, 15) is 0 Å². The number of hydrogen-bond donors (Lipinski definition) is 0. The van der Waals surface area contributed by atoms with Crippen molar-refractivity contribution in [1.82, 2.24) is 19.1 Å². The minimum atomic E-state index is 0.404. The third-order valence-corrected chi connectivity index (χ3v) is 4.39. The maximum absolute atomic E-state index is 6.29. The standard InChI is InChI=1S/C14H21ClN4O/c1-4-11-9-20-6-5-19(11)13-8-18(15)7-12-10(2)16-17(3)14(12)13/h8,11H,4-7,9H2,1-3H3. The molecule has 2 aliphatic heterocycles. The number of rotatable bonds is 2. The molecule has 0 amide bonds. The molecule has 0 N–H and O–H groups in total. The van der Waals surface area contributed by atoms with E-state index in [4.69, 9.17) is 16.5 Å². The van der Waals surface area contributed by atoms with Crippen molar-refractivity contribution in [2.24, 2.45) is 7.05 Å². The summed E-state index contributed by atoms with van der Waals surface area (Å²) in [7, 11) is 2.00. The van der Waals surface area contributed by atoms with E-state index in [0.29, 0.717) is 12.6 Å². The van der Waals surface area contributed by atoms with E-state index < -0.39 is 0 Å². The number of ether oxygens (including phenoxy) is 1. The highest BCUT2D eigenvalue weighted by Crippen LogP contribution is 2.34. The molecule has 0 saturated carbocycles. The highest BCUT2D eigenvalue weighted by atomic mass is 35.5. The molecule has 2 aliphatic rings. The Balaban J connectivity index is 2.03. The first-order valence-corrected chi connectivity index (χ1v) is 7.47. The summed E-state index contributed by atoms with van der Waals surface area (Å²) < 4.78 is 9.31. The van der Waals surface area contributed by atoms with Crippen LogP contribution in [0.3, 0.4) is 0 Å². The zero-order valence-corrected chi connectivity index (χ0v) is 13.0. The predicted octanol–water partition coefficient (Wildman–Crippen LogP) is 2.11. The van der Waals surface area contributed by atoms with E-state index in [-0.39, 0.29) is 0 Å². The van der Waals surface area contributed by atoms with Crippen molar-refractivity contribution in [2.75, 3.05) is 19.8 Å². The molecule has 1 saturated heterocycles. The number of hydrogen-bond acceptors (Lipinski definition) is 4. The van der Waals surface area contributed by atoms with Crippen molar-refractivity contribution >= 4 is 17.5 Å². The van der Waals surface area contributed by atoms with Gasteiger partial charge in [-0.15, -0.1) is 0 Å². The average molecular weight is 297 g/mol. The fourth-order valence-electron chi connectivity index (χ4n) is 3.12. The van der Waals surface area contributed by atoms with Crippen molar-refractivity contribution in [3.05, 3.63) is 23.2 Å². The van der Waals surface area contributed by atoms with Gasteiger partial charge in [0.1, 0.15) is 0 Å². The first-order chi connectivity index (χ1) is 9.61. The molecule has 0 radical (unpaired) electrons. The van der Waals surface area contributed by atoms with Crippen LogP contribution in [0.4, 0.5) is 0 Å². The van der Waals surface area contributed by atoms with Gasteiger partial charge in [-0.05, 0) is 13.3 Å². The summed E-state index contributed by atoms with van der Waals surface area (Å²) in [6, 6.07) is 0.404. The smallest absolute Gasteiger partial charge is 0.0908 e. The molecule has 5 nitrogen and oxygen atoms in total. The van der Waals surface area contributed by atoms with Gasteiger partial charge in [0.25, 0.3) is 0 Å². The molecular formula is C14H21ClN4O. The molecule has 1 aromatic heterocycles. The van der Waals surface area contributed by atoms with Gasteiger partial charge in [0.15, 0.2) is 0 Å². The van der Waals surface area contributed by atoms with Crippen LogP contribution in [0, 0.1) is 6.92 Å². The minimum absolute atomic E-state index is 0.404. The Labute approximate surface area is 124 Å². The van der Waals surface area contributed by atoms with Gasteiger partial charge in [0, 0.05) is 37.1 Å². The lowest BCUT2D eigenvalue weighted by molar-refractivity contribution is 0.0196. The quantitative estimate of drug-likeness (QED) is 0.783. The van der Waals surface area contributed by atoms with Gasteiger partial charge in [-0.2, -0.15) is 5.10 Å². The van der Waals surface area contributed by atoms with E-state index in [2.05, 4.69) is 16.9 Å². The second-order valence-corrected chi connectivity index (χ2v) is 5.87. The van der Waals surface area contributed by atoms with Gasteiger partial charge in [-0.1, -0.05) is 6.92 Å². The Morgan fingerprint density at radius 2 is 2.30 bits per heavy atom. The van der Waals surface area contributed by atoms with Crippen molar-refractivity contribution in [3.63, 3.8) is 0 Å². The molecule has 1 fully saturated rings. The summed E-state index contributed by atoms with van der Waals surface area (Å²) in [6.45, 7) is 7.40. The molecule has 0 bridgehead atoms. The molecule has 0 spiro atoms. The van der Waals surface area contributed by atoms with Crippen molar-refractivity contribution < 1.29 is 4.74 Å². The van der Waals surface area contributed by atoms with Crippen LogP contribution in [-0.4, -0.2) is 44.9 Å². The lowest BCUT2D eigenvalue weighted by Crippen LogP contribution is -2.45. The Morgan fingerprint density at radius 3 is 3.05 bits per heavy atom. The third-order valence-electron chi connectivity index (χ3n) is 4.17. The molecule has 1 atom stereocenters. The molecule has 3 rings (SSSR count). The van der Waals surface area contributed by atoms with E-state index in [1.165, 1.54) is 17.0 Å². The molecule has 3 heterocycles. The van der Waals surface area contributed by atoms with E-state index in [0.717, 1.165) is 31.9 Å². The highest BCUT2D eigenvalue weighted by molar-refractivity contribution is 6.14. The molecule has 20 heavy (non-hydrogen) atoms. The normalized spacial score (nSPS) is 22.8. The Bertz CT molecular complexity index is 540. The summed E-state index contributed by atoms with van der Waals surface area (Å²) >= 11 is 6.29. The molecule has 0 aromatic carbocycles. The topological polar surface area (TPSA) is 33.5 Å². The van der Waals surface area contributed by atoms with Crippen LogP contribution in [0.25, 0.3) is 5.70 Å². The van der Waals surface area contributed by atoms with Crippen LogP contribution in [0.5, 0.6) is 0 Å². The van der Waals surface area contributed by atoms with Crippen LogP contribution in [0.1, 0.15) is 30.3 Å². The number of aromatic nitrogens is 2. The summed E-state index contributed by atoms with van der Waals surface area (Å²) in [5.41, 5.74) is 4.64. The van der Waals surface area contributed by atoms with Crippen molar-refractivity contribution in [1.29, 1.82) is 0 Å². The molecule has 6 heteroatoms. The van der Waals surface area contributed by atoms with Gasteiger partial charge >= 0.3 is 0 Å². The van der Waals surface area contributed by atoms with E-state index in [1.54, 1.807) is 4.42 Å². The monoisotopic (exact) mass is 296 g/mol. The SMILES string of the molecule is CCC1COCCN1C1=CN(Cl)Cc2c(C)nn(C)c21. The van der Waals surface area contributed by atoms with Gasteiger partial charge in [0.2, 0.25) is 0 Å². The Morgan fingerprint density at radius 1 is 1.50 bits per heavy atom. The predicted molar refractivity (Wildman–Crippen MR) is 78.9 cm³/mol. The fourth-order valence-corrected chi connectivity index (χ4v) is 3.33. The lowest BCUT2D eigenvalue weighted by Gasteiger charge is -2.40. The molecule has 110 valence electrons. The number of nitrogens with zero attached hydrogens (tertiary/aromatic N) is 4. The van der Waals surface area contributed by atoms with Crippen LogP contribution in [-0.2, 0) is 18.3 Å². The van der Waals surface area contributed by atoms with Crippen molar-refractivity contribution in [3.8, 4) is 0 Å². The summed E-state index contributed by atoms with van der Waals surface area (Å²) in [4.78, 5) is 2.41. The lowest BCUT2D eigenvalue weighted by atomic mass is 10.0. The summed E-state index contributed by atoms with van der Waals surface area (Å²) in [6.07, 6.45) is 3.09. The molecule has 1 aromatic rings. The number of halogens is 1. The van der Waals surface area contributed by atoms with Gasteiger partial charge in [-0.3, -0.25) is 9.10 Å². The Kier molecular flexibility index (Phi) is 3.65. The van der Waals surface area contributed by atoms with E-state index >= 15 is 0 Å². The van der Waals surface area contributed by atoms with Gasteiger partial charge < -0.3 is 9.64 Å². The number of morpholine rings is 1. The van der Waals surface area contributed by atoms with Crippen LogP contribution in [0.2, 0.25) is 0 Å². The third kappa shape index (κ3) is 2.19. The Hall–Kier alpha value is -1.20.